The molecule has 0 bridgehead atoms. The Morgan fingerprint density at radius 1 is 1.73 bits per heavy atom. The van der Waals surface area contributed by atoms with Crippen LogP contribution in [-0.4, -0.2) is 37.2 Å². The molecule has 0 radical (unpaired) electrons. The summed E-state index contributed by atoms with van der Waals surface area (Å²) in [6.07, 6.45) is -0.323. The van der Waals surface area contributed by atoms with Gasteiger partial charge in [0.1, 0.15) is 0 Å². The fraction of sp³-hybridized carbons (Fsp3) is 0.800. The Morgan fingerprint density at radius 3 is 2.91 bits per heavy atom. The highest BCUT2D eigenvalue weighted by molar-refractivity contribution is 7.99. The first kappa shape index (κ1) is 8.48. The molecule has 0 saturated heterocycles. The fourth-order valence-electron chi connectivity index (χ4n) is 0.539. The van der Waals surface area contributed by atoms with Crippen molar-refractivity contribution in [2.24, 2.45) is 7.05 Å². The number of hydrogen-bond donors (Lipinski definition) is 1. The second-order valence-electron chi connectivity index (χ2n) is 2.25. The van der Waals surface area contributed by atoms with Crippen molar-refractivity contribution in [1.29, 1.82) is 0 Å². The van der Waals surface area contributed by atoms with Crippen molar-refractivity contribution in [2.75, 3.05) is 5.75 Å². The van der Waals surface area contributed by atoms with Crippen LogP contribution >= 0.6 is 11.8 Å². The highest BCUT2D eigenvalue weighted by atomic mass is 32.2. The maximum absolute atomic E-state index is 8.94. The van der Waals surface area contributed by atoms with E-state index < -0.39 is 0 Å². The summed E-state index contributed by atoms with van der Waals surface area (Å²) in [6, 6.07) is 0. The van der Waals surface area contributed by atoms with Crippen molar-refractivity contribution in [2.45, 2.75) is 18.2 Å². The fourth-order valence-corrected chi connectivity index (χ4v) is 1.25. The van der Waals surface area contributed by atoms with E-state index in [0.717, 1.165) is 5.16 Å². The molecule has 0 amide bonds. The van der Waals surface area contributed by atoms with Crippen LogP contribution in [0.25, 0.3) is 0 Å². The molecule has 0 saturated carbocycles. The Balaban J connectivity index is 2.44. The lowest BCUT2D eigenvalue weighted by atomic mass is 10.5. The van der Waals surface area contributed by atoms with Crippen LogP contribution in [-0.2, 0) is 7.05 Å². The number of aromatic nitrogens is 4. The Labute approximate surface area is 68.8 Å². The van der Waals surface area contributed by atoms with Crippen LogP contribution in [0.5, 0.6) is 0 Å². The van der Waals surface area contributed by atoms with Gasteiger partial charge in [-0.05, 0) is 17.4 Å². The van der Waals surface area contributed by atoms with E-state index in [1.807, 2.05) is 0 Å². The van der Waals surface area contributed by atoms with Crippen LogP contribution in [0.15, 0.2) is 5.16 Å². The predicted octanol–water partition coefficient (Wildman–Crippen LogP) is -0.317. The molecule has 0 aromatic carbocycles. The third-order valence-electron chi connectivity index (χ3n) is 1.03. The molecule has 1 heterocycles. The summed E-state index contributed by atoms with van der Waals surface area (Å²) in [6.45, 7) is 1.73. The molecule has 6 heteroatoms. The first-order valence-corrected chi connectivity index (χ1v) is 4.22. The molecule has 0 aliphatic carbocycles. The Kier molecular flexibility index (Phi) is 2.84. The van der Waals surface area contributed by atoms with Gasteiger partial charge in [-0.3, -0.25) is 0 Å². The summed E-state index contributed by atoms with van der Waals surface area (Å²) in [7, 11) is 1.77. The molecular formula is C5H10N4OS. The maximum Gasteiger partial charge on any atom is 0.209 e. The van der Waals surface area contributed by atoms with E-state index in [1.54, 1.807) is 18.7 Å². The molecule has 0 aliphatic rings. The molecule has 1 N–H and O–H groups in total. The number of aliphatic hydroxyl groups excluding tert-OH is 1. The van der Waals surface area contributed by atoms with Crippen LogP contribution in [0.1, 0.15) is 6.92 Å². The van der Waals surface area contributed by atoms with Gasteiger partial charge in [0.25, 0.3) is 0 Å². The molecule has 0 fully saturated rings. The smallest absolute Gasteiger partial charge is 0.209 e. The van der Waals surface area contributed by atoms with E-state index in [4.69, 9.17) is 5.11 Å². The number of aliphatic hydroxyl groups is 1. The lowest BCUT2D eigenvalue weighted by Gasteiger charge is -2.00. The molecule has 0 spiro atoms. The van der Waals surface area contributed by atoms with Crippen molar-refractivity contribution in [3.05, 3.63) is 0 Å². The van der Waals surface area contributed by atoms with Gasteiger partial charge >= 0.3 is 0 Å². The van der Waals surface area contributed by atoms with Crippen LogP contribution < -0.4 is 0 Å². The zero-order valence-corrected chi connectivity index (χ0v) is 7.25. The van der Waals surface area contributed by atoms with E-state index in [-0.39, 0.29) is 6.10 Å². The number of hydrogen-bond acceptors (Lipinski definition) is 5. The van der Waals surface area contributed by atoms with Crippen molar-refractivity contribution >= 4 is 11.8 Å². The summed E-state index contributed by atoms with van der Waals surface area (Å²) < 4.78 is 1.58. The second-order valence-corrected chi connectivity index (χ2v) is 3.23. The molecule has 5 nitrogen and oxygen atoms in total. The van der Waals surface area contributed by atoms with Gasteiger partial charge in [0.05, 0.1) is 6.10 Å². The molecule has 1 unspecified atom stereocenters. The van der Waals surface area contributed by atoms with Crippen LogP contribution in [0.2, 0.25) is 0 Å². The molecule has 1 aromatic rings. The predicted molar refractivity (Wildman–Crippen MR) is 41.2 cm³/mol. The minimum Gasteiger partial charge on any atom is -0.393 e. The highest BCUT2D eigenvalue weighted by Gasteiger charge is 2.03. The molecule has 62 valence electrons. The van der Waals surface area contributed by atoms with Crippen LogP contribution in [0.4, 0.5) is 0 Å². The Hall–Kier alpha value is -0.620. The minimum absolute atomic E-state index is 0.323. The second kappa shape index (κ2) is 3.68. The van der Waals surface area contributed by atoms with E-state index in [2.05, 4.69) is 15.5 Å². The van der Waals surface area contributed by atoms with E-state index in [9.17, 15) is 0 Å². The number of aryl methyl sites for hydroxylation is 1. The third kappa shape index (κ3) is 2.47. The van der Waals surface area contributed by atoms with Gasteiger partial charge in [0.15, 0.2) is 0 Å². The SMILES string of the molecule is CC(O)CSc1nnnn1C. The largest absolute Gasteiger partial charge is 0.393 e. The third-order valence-corrected chi connectivity index (χ3v) is 2.29. The molecule has 11 heavy (non-hydrogen) atoms. The molecule has 1 aromatic heterocycles. The highest BCUT2D eigenvalue weighted by Crippen LogP contribution is 2.12. The van der Waals surface area contributed by atoms with Crippen LogP contribution in [0, 0.1) is 0 Å². The minimum atomic E-state index is -0.323. The lowest BCUT2D eigenvalue weighted by Crippen LogP contribution is -2.04. The quantitative estimate of drug-likeness (QED) is 0.636. The van der Waals surface area contributed by atoms with E-state index >= 15 is 0 Å². The van der Waals surface area contributed by atoms with Gasteiger partial charge in [0.2, 0.25) is 5.16 Å². The zero-order valence-electron chi connectivity index (χ0n) is 6.43. The average molecular weight is 174 g/mol. The monoisotopic (exact) mass is 174 g/mol. The van der Waals surface area contributed by atoms with Crippen molar-refractivity contribution < 1.29 is 5.11 Å². The van der Waals surface area contributed by atoms with E-state index in [0.29, 0.717) is 5.75 Å². The first-order chi connectivity index (χ1) is 5.20. The summed E-state index contributed by atoms with van der Waals surface area (Å²) in [5.41, 5.74) is 0. The summed E-state index contributed by atoms with van der Waals surface area (Å²) in [5, 5.41) is 20.5. The topological polar surface area (TPSA) is 63.8 Å². The molecule has 1 atom stereocenters. The van der Waals surface area contributed by atoms with Crippen molar-refractivity contribution in [3.63, 3.8) is 0 Å². The normalized spacial score (nSPS) is 13.4. The van der Waals surface area contributed by atoms with E-state index in [1.165, 1.54) is 11.8 Å². The number of thioether (sulfide) groups is 1. The summed E-state index contributed by atoms with van der Waals surface area (Å²) >= 11 is 1.44. The molecular weight excluding hydrogens is 164 g/mol. The number of nitrogens with zero attached hydrogens (tertiary/aromatic N) is 4. The average Bonchev–Trinajstić information content (AvgIpc) is 2.31. The van der Waals surface area contributed by atoms with Gasteiger partial charge in [-0.15, -0.1) is 5.10 Å². The Morgan fingerprint density at radius 2 is 2.45 bits per heavy atom. The summed E-state index contributed by atoms with van der Waals surface area (Å²) in [5.74, 6) is 0.619. The molecule has 1 rings (SSSR count). The van der Waals surface area contributed by atoms with Crippen molar-refractivity contribution in [3.8, 4) is 0 Å². The number of rotatable bonds is 3. The van der Waals surface area contributed by atoms with Gasteiger partial charge in [0, 0.05) is 12.8 Å². The Bertz CT molecular complexity index is 224. The van der Waals surface area contributed by atoms with Crippen LogP contribution in [0.3, 0.4) is 0 Å². The van der Waals surface area contributed by atoms with Crippen molar-refractivity contribution in [1.82, 2.24) is 20.2 Å². The van der Waals surface area contributed by atoms with Gasteiger partial charge in [-0.25, -0.2) is 4.68 Å². The standard InChI is InChI=1S/C5H10N4OS/c1-4(10)3-11-5-6-7-8-9(5)2/h4,10H,3H2,1-2H3. The number of tetrazole rings is 1. The van der Waals surface area contributed by atoms with Gasteiger partial charge in [-0.2, -0.15) is 0 Å². The zero-order chi connectivity index (χ0) is 8.27. The maximum atomic E-state index is 8.94. The van der Waals surface area contributed by atoms with Gasteiger partial charge in [-0.1, -0.05) is 11.8 Å². The lowest BCUT2D eigenvalue weighted by molar-refractivity contribution is 0.220. The molecule has 0 aliphatic heterocycles. The first-order valence-electron chi connectivity index (χ1n) is 3.23. The summed E-state index contributed by atoms with van der Waals surface area (Å²) in [4.78, 5) is 0. The van der Waals surface area contributed by atoms with Gasteiger partial charge < -0.3 is 5.11 Å².